The molecule has 0 amide bonds. The Kier molecular flexibility index (Phi) is 9.95. The lowest BCUT2D eigenvalue weighted by Gasteiger charge is -2.28. The summed E-state index contributed by atoms with van der Waals surface area (Å²) in [6, 6.07) is 39.2. The quantitative estimate of drug-likeness (QED) is 0.173. The maximum absolute atomic E-state index is 12.8. The Morgan fingerprint density at radius 1 is 0.421 bits per heavy atom. The number of pyridine rings is 1. The number of aromatic hydroxyl groups is 1. The standard InChI is InChI=1S/C72H81N3O/c1-67(2,3)52-28-22-45(23-29-52)48-36-37-73-61(41-48)51-39-49(46-24-30-53(31-25-46)68(4,5)6)38-50(40-51)57-20-19-21-63-64(57)74-66(59-43-56(71(13,14)15)44-60(65(59)76)72(16,17)18)75(63)62-35-34-55(70(10,11)12)42-58(62)47-26-32-54(33-27-47)69(7,8)9/h19-44,76H,1-18H3/i1D3,2D3,3D3,22D,23D,28D,29D. The highest BCUT2D eigenvalue weighted by atomic mass is 16.3. The number of para-hydroxylation sites is 1. The van der Waals surface area contributed by atoms with E-state index in [0.717, 1.165) is 66.8 Å². The van der Waals surface area contributed by atoms with Crippen molar-refractivity contribution in [3.63, 3.8) is 0 Å². The molecule has 4 heteroatoms. The van der Waals surface area contributed by atoms with Gasteiger partial charge in [-0.15, -0.1) is 0 Å². The van der Waals surface area contributed by atoms with Crippen LogP contribution in [-0.2, 0) is 32.5 Å². The Morgan fingerprint density at radius 3 is 1.55 bits per heavy atom. The number of aromatic nitrogens is 3. The zero-order chi connectivity index (χ0) is 66.1. The van der Waals surface area contributed by atoms with Crippen molar-refractivity contribution in [2.45, 2.75) is 157 Å². The molecule has 4 nitrogen and oxygen atoms in total. The fourth-order valence-corrected chi connectivity index (χ4v) is 9.79. The molecular formula is C72H81N3O. The van der Waals surface area contributed by atoms with Crippen LogP contribution in [0.15, 0.2) is 158 Å². The molecule has 0 saturated carbocycles. The largest absolute Gasteiger partial charge is 0.507 e. The van der Waals surface area contributed by atoms with Gasteiger partial charge < -0.3 is 5.11 Å². The summed E-state index contributed by atoms with van der Waals surface area (Å²) < 4.78 is 114. The molecule has 0 bridgehead atoms. The number of benzene rings is 7. The van der Waals surface area contributed by atoms with Crippen LogP contribution in [0.2, 0.25) is 0 Å². The van der Waals surface area contributed by atoms with E-state index in [4.69, 9.17) is 25.0 Å². The van der Waals surface area contributed by atoms with Crippen LogP contribution >= 0.6 is 0 Å². The summed E-state index contributed by atoms with van der Waals surface area (Å²) >= 11 is 0. The maximum Gasteiger partial charge on any atom is 0.149 e. The molecule has 390 valence electrons. The molecule has 0 aliphatic heterocycles. The number of hydrogen-bond donors (Lipinski definition) is 1. The minimum absolute atomic E-state index is 0.0832. The van der Waals surface area contributed by atoms with Crippen LogP contribution in [0.5, 0.6) is 5.75 Å². The third-order valence-corrected chi connectivity index (χ3v) is 14.5. The van der Waals surface area contributed by atoms with Gasteiger partial charge in [-0.3, -0.25) is 9.55 Å². The Hall–Kier alpha value is -7.04. The third kappa shape index (κ3) is 10.8. The Labute approximate surface area is 473 Å². The van der Waals surface area contributed by atoms with Crippen molar-refractivity contribution >= 4 is 11.0 Å². The average Bonchev–Trinajstić information content (AvgIpc) is 0.841. The van der Waals surface area contributed by atoms with Crippen molar-refractivity contribution in [1.82, 2.24) is 14.5 Å². The minimum Gasteiger partial charge on any atom is -0.507 e. The molecule has 1 N–H and O–H groups in total. The first-order valence-electron chi connectivity index (χ1n) is 32.8. The fourth-order valence-electron chi connectivity index (χ4n) is 9.79. The van der Waals surface area contributed by atoms with Crippen molar-refractivity contribution in [3.05, 3.63) is 191 Å². The smallest absolute Gasteiger partial charge is 0.149 e. The van der Waals surface area contributed by atoms with E-state index < -0.39 is 61.1 Å². The number of imidazole rings is 1. The number of phenolic OH excluding ortho intramolecular Hbond substituents is 1. The molecule has 0 unspecified atom stereocenters. The van der Waals surface area contributed by atoms with Crippen LogP contribution in [-0.4, -0.2) is 19.6 Å². The summed E-state index contributed by atoms with van der Waals surface area (Å²) in [4.78, 5) is 10.5. The van der Waals surface area contributed by atoms with Gasteiger partial charge in [0.2, 0.25) is 0 Å². The second kappa shape index (κ2) is 19.2. The molecule has 76 heavy (non-hydrogen) atoms. The molecule has 0 atom stereocenters. The fraction of sp³-hybridized carbons (Fsp3) is 0.333. The number of fused-ring (bicyclic) bond motifs is 1. The molecule has 2 aromatic heterocycles. The molecule has 0 aliphatic carbocycles. The molecule has 7 aromatic carbocycles. The second-order valence-corrected chi connectivity index (χ2v) is 25.7. The van der Waals surface area contributed by atoms with E-state index >= 15 is 0 Å². The summed E-state index contributed by atoms with van der Waals surface area (Å²) in [5.74, 6) is 0.656. The maximum atomic E-state index is 12.8. The molecule has 9 aromatic rings. The van der Waals surface area contributed by atoms with Crippen LogP contribution in [0, 0.1) is 0 Å². The topological polar surface area (TPSA) is 50.9 Å². The lowest BCUT2D eigenvalue weighted by Crippen LogP contribution is -2.17. The highest BCUT2D eigenvalue weighted by molar-refractivity contribution is 5.98. The van der Waals surface area contributed by atoms with Gasteiger partial charge in [0.15, 0.2) is 0 Å². The Bertz CT molecular complexity index is 4140. The van der Waals surface area contributed by atoms with Gasteiger partial charge in [0.05, 0.1) is 33.5 Å². The number of nitrogens with zero attached hydrogens (tertiary/aromatic N) is 3. The summed E-state index contributed by atoms with van der Waals surface area (Å²) in [6.07, 6.45) is 1.45. The van der Waals surface area contributed by atoms with Gasteiger partial charge >= 0.3 is 0 Å². The summed E-state index contributed by atoms with van der Waals surface area (Å²) in [5.41, 5.74) is 7.74. The van der Waals surface area contributed by atoms with Crippen LogP contribution in [0.1, 0.15) is 176 Å². The molecule has 2 heterocycles. The number of phenols is 1. The molecular weight excluding hydrogens is 923 g/mol. The minimum atomic E-state index is -3.83. The molecule has 0 spiro atoms. The van der Waals surface area contributed by atoms with E-state index in [0.29, 0.717) is 28.2 Å². The van der Waals surface area contributed by atoms with Crippen LogP contribution in [0.3, 0.4) is 0 Å². The van der Waals surface area contributed by atoms with Gasteiger partial charge in [-0.1, -0.05) is 221 Å². The lowest BCUT2D eigenvalue weighted by molar-refractivity contribution is 0.446. The first-order valence-corrected chi connectivity index (χ1v) is 26.3. The SMILES string of the molecule is [2H]c1c([2H])c(C(C([2H])([2H])[2H])(C([2H])([2H])[2H])C([2H])([2H])[2H])c([2H])c([2H])c1-c1ccnc(-c2cc(-c3ccc(C(C)(C)C)cc3)cc(-c3cccc4c3nc(-c3cc(C(C)(C)C)cc(C(C)(C)C)c3O)n4-c3ccc(C(C)(C)C)cc3-c3ccc(C(C)(C)C)cc3)c2)c1. The van der Waals surface area contributed by atoms with Gasteiger partial charge in [0.1, 0.15) is 11.6 Å². The van der Waals surface area contributed by atoms with E-state index in [1.54, 1.807) is 6.07 Å². The lowest BCUT2D eigenvalue weighted by atomic mass is 9.79. The van der Waals surface area contributed by atoms with Crippen LogP contribution in [0.25, 0.3) is 83.9 Å². The van der Waals surface area contributed by atoms with Gasteiger partial charge in [-0.05, 0) is 148 Å². The monoisotopic (exact) mass is 1020 g/mol. The summed E-state index contributed by atoms with van der Waals surface area (Å²) in [7, 11) is 0. The Balaban J connectivity index is 1.36. The van der Waals surface area contributed by atoms with Crippen molar-refractivity contribution in [1.29, 1.82) is 0 Å². The normalized spacial score (nSPS) is 15.9. The highest BCUT2D eigenvalue weighted by Crippen LogP contribution is 2.47. The van der Waals surface area contributed by atoms with Crippen LogP contribution < -0.4 is 0 Å². The Morgan fingerprint density at radius 2 is 0.974 bits per heavy atom. The number of hydrogen-bond acceptors (Lipinski definition) is 3. The first kappa shape index (κ1) is 39.4. The van der Waals surface area contributed by atoms with E-state index in [2.05, 4.69) is 199 Å². The summed E-state index contributed by atoms with van der Waals surface area (Å²) in [6.45, 7) is 21.0. The average molecular weight is 1020 g/mol. The van der Waals surface area contributed by atoms with Crippen molar-refractivity contribution in [2.75, 3.05) is 0 Å². The predicted molar refractivity (Wildman–Crippen MR) is 325 cm³/mol. The third-order valence-electron chi connectivity index (χ3n) is 14.5. The van der Waals surface area contributed by atoms with Crippen LogP contribution in [0.4, 0.5) is 0 Å². The van der Waals surface area contributed by atoms with E-state index in [-0.39, 0.29) is 38.5 Å². The molecule has 0 radical (unpaired) electrons. The highest BCUT2D eigenvalue weighted by Gasteiger charge is 2.30. The molecule has 9 rings (SSSR count). The zero-order valence-electron chi connectivity index (χ0n) is 60.0. The van der Waals surface area contributed by atoms with Gasteiger partial charge in [-0.25, -0.2) is 4.98 Å². The van der Waals surface area contributed by atoms with Crippen molar-refractivity contribution in [3.8, 4) is 78.6 Å². The zero-order valence-corrected chi connectivity index (χ0v) is 47.0. The van der Waals surface area contributed by atoms with E-state index in [1.165, 1.54) is 17.8 Å². The molecule has 0 fully saturated rings. The van der Waals surface area contributed by atoms with Crippen molar-refractivity contribution in [2.24, 2.45) is 0 Å². The van der Waals surface area contributed by atoms with Gasteiger partial charge in [0, 0.05) is 40.8 Å². The van der Waals surface area contributed by atoms with Crippen molar-refractivity contribution < 1.29 is 22.9 Å². The second-order valence-electron chi connectivity index (χ2n) is 25.7. The first-order chi connectivity index (χ1) is 40.8. The van der Waals surface area contributed by atoms with Gasteiger partial charge in [0.25, 0.3) is 0 Å². The summed E-state index contributed by atoms with van der Waals surface area (Å²) in [5, 5.41) is 12.8. The van der Waals surface area contributed by atoms with Gasteiger partial charge in [-0.2, -0.15) is 0 Å². The molecule has 0 aliphatic rings. The number of rotatable bonds is 7. The molecule has 0 saturated heterocycles. The predicted octanol–water partition coefficient (Wildman–Crippen LogP) is 19.9. The van der Waals surface area contributed by atoms with E-state index in [1.807, 2.05) is 24.3 Å². The van der Waals surface area contributed by atoms with E-state index in [9.17, 15) is 7.85 Å².